The van der Waals surface area contributed by atoms with E-state index in [-0.39, 0.29) is 11.1 Å². The summed E-state index contributed by atoms with van der Waals surface area (Å²) in [6.07, 6.45) is 7.47. The molecule has 0 aromatic heterocycles. The lowest BCUT2D eigenvalue weighted by Crippen LogP contribution is -2.43. The quantitative estimate of drug-likeness (QED) is 0.170. The molecular weight excluding hydrogens is 464 g/mol. The first kappa shape index (κ1) is 36.2. The van der Waals surface area contributed by atoms with Gasteiger partial charge in [0.25, 0.3) is 0 Å². The SMILES string of the molecule is CCCCC(C)(C)C(O)(O)CC.CCCCCC(O)(O)CC.COC(=O)c1ccccc1C(=O)OC. The number of unbranched alkanes of at least 4 members (excludes halogenated alkanes) is 3. The number of rotatable bonds is 12. The van der Waals surface area contributed by atoms with E-state index >= 15 is 0 Å². The Balaban J connectivity index is 0. The predicted octanol–water partition coefficient (Wildman–Crippen LogP) is 5.21. The van der Waals surface area contributed by atoms with Crippen molar-refractivity contribution in [3.05, 3.63) is 35.4 Å². The summed E-state index contributed by atoms with van der Waals surface area (Å²) in [5, 5.41) is 37.5. The van der Waals surface area contributed by atoms with Crippen molar-refractivity contribution in [1.29, 1.82) is 0 Å². The van der Waals surface area contributed by atoms with Crippen molar-refractivity contribution in [2.24, 2.45) is 5.41 Å². The maximum atomic E-state index is 11.2. The molecular formula is C28H50O8. The molecule has 0 atom stereocenters. The number of carbonyl (C=O) groups excluding carboxylic acids is 2. The highest BCUT2D eigenvalue weighted by Crippen LogP contribution is 2.36. The number of hydrogen-bond acceptors (Lipinski definition) is 8. The highest BCUT2D eigenvalue weighted by Gasteiger charge is 2.39. The molecule has 0 bridgehead atoms. The topological polar surface area (TPSA) is 134 Å². The van der Waals surface area contributed by atoms with Gasteiger partial charge in [-0.3, -0.25) is 0 Å². The van der Waals surface area contributed by atoms with E-state index in [1.165, 1.54) is 26.4 Å². The largest absolute Gasteiger partial charge is 0.465 e. The molecule has 4 N–H and O–H groups in total. The van der Waals surface area contributed by atoms with Crippen LogP contribution < -0.4 is 0 Å². The van der Waals surface area contributed by atoms with Gasteiger partial charge in [0.2, 0.25) is 0 Å². The van der Waals surface area contributed by atoms with E-state index < -0.39 is 28.9 Å². The smallest absolute Gasteiger partial charge is 0.338 e. The average Bonchev–Trinajstić information content (AvgIpc) is 2.87. The number of benzene rings is 1. The normalized spacial score (nSPS) is 11.4. The van der Waals surface area contributed by atoms with Crippen LogP contribution in [0.15, 0.2) is 24.3 Å². The summed E-state index contributed by atoms with van der Waals surface area (Å²) in [4.78, 5) is 22.4. The Morgan fingerprint density at radius 2 is 1.17 bits per heavy atom. The van der Waals surface area contributed by atoms with Crippen molar-refractivity contribution in [1.82, 2.24) is 0 Å². The van der Waals surface area contributed by atoms with Crippen LogP contribution in [0.5, 0.6) is 0 Å². The Hall–Kier alpha value is -2.00. The Kier molecular flexibility index (Phi) is 18.4. The van der Waals surface area contributed by atoms with Gasteiger partial charge in [0.15, 0.2) is 11.6 Å². The summed E-state index contributed by atoms with van der Waals surface area (Å²) in [5.41, 5.74) is 0.0290. The van der Waals surface area contributed by atoms with E-state index in [0.29, 0.717) is 19.3 Å². The molecule has 0 aliphatic heterocycles. The molecule has 0 aliphatic rings. The van der Waals surface area contributed by atoms with Crippen molar-refractivity contribution in [2.45, 2.75) is 111 Å². The first-order chi connectivity index (χ1) is 16.7. The van der Waals surface area contributed by atoms with E-state index in [4.69, 9.17) is 10.2 Å². The molecule has 0 spiro atoms. The van der Waals surface area contributed by atoms with Gasteiger partial charge in [0, 0.05) is 11.8 Å². The molecule has 0 fully saturated rings. The van der Waals surface area contributed by atoms with Crippen LogP contribution >= 0.6 is 0 Å². The van der Waals surface area contributed by atoms with Gasteiger partial charge in [0.05, 0.1) is 25.3 Å². The molecule has 0 amide bonds. The van der Waals surface area contributed by atoms with Gasteiger partial charge < -0.3 is 29.9 Å². The zero-order valence-corrected chi connectivity index (χ0v) is 23.6. The molecule has 0 saturated carbocycles. The second kappa shape index (κ2) is 18.3. The number of hydrogen-bond donors (Lipinski definition) is 4. The highest BCUT2D eigenvalue weighted by molar-refractivity contribution is 6.03. The molecule has 0 unspecified atom stereocenters. The third-order valence-corrected chi connectivity index (χ3v) is 6.22. The van der Waals surface area contributed by atoms with Crippen molar-refractivity contribution < 1.29 is 39.5 Å². The van der Waals surface area contributed by atoms with Crippen molar-refractivity contribution in [3.63, 3.8) is 0 Å². The van der Waals surface area contributed by atoms with E-state index in [0.717, 1.165) is 38.5 Å². The maximum absolute atomic E-state index is 11.2. The molecule has 0 saturated heterocycles. The first-order valence-corrected chi connectivity index (χ1v) is 12.8. The van der Waals surface area contributed by atoms with Crippen LogP contribution in [-0.4, -0.2) is 58.2 Å². The molecule has 36 heavy (non-hydrogen) atoms. The Morgan fingerprint density at radius 3 is 1.50 bits per heavy atom. The standard InChI is InChI=1S/C10H10O4.C10H22O2.C8H18O2/c1-13-9(11)7-5-3-4-6-8(7)10(12)14-2;1-5-7-8-9(3,4)10(11,12)6-2;1-3-5-6-7-8(9,10)4-2/h3-6H,1-2H3;11-12H,5-8H2,1-4H3;9-10H,3-7H2,1-2H3. The third-order valence-electron chi connectivity index (χ3n) is 6.22. The summed E-state index contributed by atoms with van der Waals surface area (Å²) in [6.45, 7) is 11.6. The van der Waals surface area contributed by atoms with Crippen LogP contribution in [0.25, 0.3) is 0 Å². The first-order valence-electron chi connectivity index (χ1n) is 12.8. The Morgan fingerprint density at radius 1 is 0.722 bits per heavy atom. The summed E-state index contributed by atoms with van der Waals surface area (Å²) >= 11 is 0. The van der Waals surface area contributed by atoms with E-state index in [1.54, 1.807) is 26.0 Å². The van der Waals surface area contributed by atoms with E-state index in [1.807, 2.05) is 13.8 Å². The Bertz CT molecular complexity index is 706. The lowest BCUT2D eigenvalue weighted by molar-refractivity contribution is -0.236. The molecule has 0 heterocycles. The predicted molar refractivity (Wildman–Crippen MR) is 141 cm³/mol. The van der Waals surface area contributed by atoms with E-state index in [2.05, 4.69) is 23.3 Å². The second-order valence-electron chi connectivity index (χ2n) is 9.48. The monoisotopic (exact) mass is 514 g/mol. The minimum absolute atomic E-state index is 0.210. The fourth-order valence-corrected chi connectivity index (χ4v) is 3.19. The molecule has 8 heteroatoms. The van der Waals surface area contributed by atoms with Crippen LogP contribution in [0.4, 0.5) is 0 Å². The van der Waals surface area contributed by atoms with Gasteiger partial charge in [-0.1, -0.05) is 79.4 Å². The molecule has 1 aromatic carbocycles. The van der Waals surface area contributed by atoms with Gasteiger partial charge in [-0.25, -0.2) is 9.59 Å². The average molecular weight is 515 g/mol. The fraction of sp³-hybridized carbons (Fsp3) is 0.714. The lowest BCUT2D eigenvalue weighted by Gasteiger charge is -2.37. The van der Waals surface area contributed by atoms with Crippen LogP contribution in [0.3, 0.4) is 0 Å². The number of ether oxygens (including phenoxy) is 2. The van der Waals surface area contributed by atoms with Crippen LogP contribution in [0.2, 0.25) is 0 Å². The van der Waals surface area contributed by atoms with Gasteiger partial charge in [-0.2, -0.15) is 0 Å². The van der Waals surface area contributed by atoms with E-state index in [9.17, 15) is 19.8 Å². The number of aliphatic hydroxyl groups is 4. The van der Waals surface area contributed by atoms with Crippen molar-refractivity contribution in [3.8, 4) is 0 Å². The van der Waals surface area contributed by atoms with Gasteiger partial charge in [-0.15, -0.1) is 0 Å². The summed E-state index contributed by atoms with van der Waals surface area (Å²) in [5.74, 6) is -4.02. The number of esters is 2. The van der Waals surface area contributed by atoms with Crippen LogP contribution in [0.1, 0.15) is 120 Å². The highest BCUT2D eigenvalue weighted by atomic mass is 16.5. The molecule has 1 aromatic rings. The zero-order chi connectivity index (χ0) is 28.4. The molecule has 0 radical (unpaired) electrons. The fourth-order valence-electron chi connectivity index (χ4n) is 3.19. The van der Waals surface area contributed by atoms with Crippen LogP contribution in [0, 0.1) is 5.41 Å². The van der Waals surface area contributed by atoms with Crippen molar-refractivity contribution in [2.75, 3.05) is 14.2 Å². The van der Waals surface area contributed by atoms with Gasteiger partial charge in [0.1, 0.15) is 0 Å². The summed E-state index contributed by atoms with van der Waals surface area (Å²) in [7, 11) is 2.52. The zero-order valence-electron chi connectivity index (χ0n) is 23.6. The van der Waals surface area contributed by atoms with Gasteiger partial charge >= 0.3 is 11.9 Å². The minimum Gasteiger partial charge on any atom is -0.465 e. The number of methoxy groups -OCH3 is 2. The molecule has 1 rings (SSSR count). The summed E-state index contributed by atoms with van der Waals surface area (Å²) < 4.78 is 9.05. The van der Waals surface area contributed by atoms with Gasteiger partial charge in [-0.05, 0) is 37.8 Å². The maximum Gasteiger partial charge on any atom is 0.338 e. The van der Waals surface area contributed by atoms with Crippen LogP contribution in [-0.2, 0) is 9.47 Å². The molecule has 8 nitrogen and oxygen atoms in total. The Labute approximate surface area is 217 Å². The minimum atomic E-state index is -1.51. The third kappa shape index (κ3) is 13.9. The molecule has 210 valence electrons. The lowest BCUT2D eigenvalue weighted by atomic mass is 9.77. The second-order valence-corrected chi connectivity index (χ2v) is 9.48. The summed E-state index contributed by atoms with van der Waals surface area (Å²) in [6, 6.07) is 6.33. The number of carbonyl (C=O) groups is 2. The van der Waals surface area contributed by atoms with Crippen molar-refractivity contribution >= 4 is 11.9 Å². The molecule has 0 aliphatic carbocycles.